The van der Waals surface area contributed by atoms with E-state index in [0.29, 0.717) is 0 Å². The summed E-state index contributed by atoms with van der Waals surface area (Å²) in [5.74, 6) is 1.00. The van der Waals surface area contributed by atoms with Gasteiger partial charge in [0.25, 0.3) is 0 Å². The van der Waals surface area contributed by atoms with Crippen molar-refractivity contribution in [3.63, 3.8) is 0 Å². The van der Waals surface area contributed by atoms with Gasteiger partial charge in [-0.1, -0.05) is 28.1 Å². The topological polar surface area (TPSA) is 64.5 Å². The van der Waals surface area contributed by atoms with Crippen molar-refractivity contribution < 1.29 is 0 Å². The molecule has 0 spiro atoms. The van der Waals surface area contributed by atoms with E-state index in [-0.39, 0.29) is 12.0 Å². The second-order valence-electron chi connectivity index (χ2n) is 4.71. The van der Waals surface area contributed by atoms with Gasteiger partial charge in [0.2, 0.25) is 0 Å². The highest BCUT2D eigenvalue weighted by atomic mass is 79.9. The SMILES string of the molecule is N#CC1CNC(c2ncc(-c3ccc(Br)cc3)[nH]2)C1. The van der Waals surface area contributed by atoms with Gasteiger partial charge in [-0.3, -0.25) is 0 Å². The lowest BCUT2D eigenvalue weighted by Gasteiger charge is -2.05. The molecule has 2 aromatic rings. The summed E-state index contributed by atoms with van der Waals surface area (Å²) in [6.07, 6.45) is 2.67. The lowest BCUT2D eigenvalue weighted by molar-refractivity contribution is 0.605. The number of hydrogen-bond acceptors (Lipinski definition) is 3. The standard InChI is InChI=1S/C14H13BrN4/c15-11-3-1-10(2-4-11)13-8-18-14(19-13)12-5-9(6-16)7-17-12/h1-4,8-9,12,17H,5,7H2,(H,18,19). The Balaban J connectivity index is 1.80. The molecule has 0 amide bonds. The Bertz CT molecular complexity index is 611. The van der Waals surface area contributed by atoms with Gasteiger partial charge in [-0.25, -0.2) is 4.98 Å². The minimum Gasteiger partial charge on any atom is -0.341 e. The summed E-state index contributed by atoms with van der Waals surface area (Å²) >= 11 is 3.43. The van der Waals surface area contributed by atoms with Crippen LogP contribution in [0.3, 0.4) is 0 Å². The lowest BCUT2D eigenvalue weighted by Crippen LogP contribution is -2.14. The summed E-state index contributed by atoms with van der Waals surface area (Å²) in [5.41, 5.74) is 2.11. The van der Waals surface area contributed by atoms with Crippen LogP contribution in [-0.2, 0) is 0 Å². The zero-order chi connectivity index (χ0) is 13.2. The Labute approximate surface area is 120 Å². The van der Waals surface area contributed by atoms with E-state index in [9.17, 15) is 0 Å². The number of halogens is 1. The van der Waals surface area contributed by atoms with E-state index < -0.39 is 0 Å². The maximum Gasteiger partial charge on any atom is 0.123 e. The molecule has 1 aliphatic rings. The summed E-state index contributed by atoms with van der Waals surface area (Å²) in [5, 5.41) is 12.2. The van der Waals surface area contributed by atoms with Crippen LogP contribution in [0.2, 0.25) is 0 Å². The van der Waals surface area contributed by atoms with Crippen LogP contribution < -0.4 is 5.32 Å². The highest BCUT2D eigenvalue weighted by Gasteiger charge is 2.27. The predicted molar refractivity (Wildman–Crippen MR) is 76.2 cm³/mol. The van der Waals surface area contributed by atoms with Crippen LogP contribution in [0.25, 0.3) is 11.3 Å². The number of rotatable bonds is 2. The molecule has 4 nitrogen and oxygen atoms in total. The number of nitriles is 1. The van der Waals surface area contributed by atoms with E-state index in [1.807, 2.05) is 30.5 Å². The number of imidazole rings is 1. The van der Waals surface area contributed by atoms with Crippen LogP contribution in [0.5, 0.6) is 0 Å². The second-order valence-corrected chi connectivity index (χ2v) is 5.63. The first-order valence-electron chi connectivity index (χ1n) is 6.20. The third-order valence-corrected chi connectivity index (χ3v) is 3.92. The van der Waals surface area contributed by atoms with Crippen molar-refractivity contribution in [2.75, 3.05) is 6.54 Å². The minimum atomic E-state index is 0.0891. The monoisotopic (exact) mass is 316 g/mol. The maximum atomic E-state index is 8.91. The Morgan fingerprint density at radius 1 is 1.32 bits per heavy atom. The molecule has 1 aromatic heterocycles. The molecular formula is C14H13BrN4. The van der Waals surface area contributed by atoms with Crippen LogP contribution in [-0.4, -0.2) is 16.5 Å². The van der Waals surface area contributed by atoms with E-state index in [1.165, 1.54) is 0 Å². The number of hydrogen-bond donors (Lipinski definition) is 2. The van der Waals surface area contributed by atoms with Gasteiger partial charge in [0.15, 0.2) is 0 Å². The number of H-pyrrole nitrogens is 1. The Hall–Kier alpha value is -1.64. The summed E-state index contributed by atoms with van der Waals surface area (Å²) in [6.45, 7) is 0.746. The molecule has 1 aliphatic heterocycles. The molecule has 2 unspecified atom stereocenters. The van der Waals surface area contributed by atoms with Crippen LogP contribution >= 0.6 is 15.9 Å². The van der Waals surface area contributed by atoms with Crippen molar-refractivity contribution in [3.8, 4) is 17.3 Å². The van der Waals surface area contributed by atoms with Crippen molar-refractivity contribution in [3.05, 3.63) is 40.8 Å². The third-order valence-electron chi connectivity index (χ3n) is 3.39. The first-order chi connectivity index (χ1) is 9.26. The molecule has 5 heteroatoms. The summed E-state index contributed by atoms with van der Waals surface area (Å²) in [7, 11) is 0. The van der Waals surface area contributed by atoms with Gasteiger partial charge in [0, 0.05) is 11.0 Å². The molecule has 0 radical (unpaired) electrons. The summed E-state index contributed by atoms with van der Waals surface area (Å²) in [6, 6.07) is 10.6. The van der Waals surface area contributed by atoms with Crippen LogP contribution in [0, 0.1) is 17.2 Å². The Morgan fingerprint density at radius 2 is 2.11 bits per heavy atom. The zero-order valence-corrected chi connectivity index (χ0v) is 11.8. The van der Waals surface area contributed by atoms with E-state index in [1.54, 1.807) is 0 Å². The number of nitrogens with one attached hydrogen (secondary N) is 2. The Morgan fingerprint density at radius 3 is 2.79 bits per heavy atom. The molecule has 2 atom stereocenters. The van der Waals surface area contributed by atoms with Crippen molar-refractivity contribution in [1.29, 1.82) is 5.26 Å². The number of aromatic amines is 1. The van der Waals surface area contributed by atoms with E-state index in [0.717, 1.165) is 34.5 Å². The lowest BCUT2D eigenvalue weighted by atomic mass is 10.1. The van der Waals surface area contributed by atoms with Crippen molar-refractivity contribution >= 4 is 15.9 Å². The van der Waals surface area contributed by atoms with Gasteiger partial charge < -0.3 is 10.3 Å². The van der Waals surface area contributed by atoms with Gasteiger partial charge >= 0.3 is 0 Å². The molecule has 1 aromatic carbocycles. The smallest absolute Gasteiger partial charge is 0.123 e. The summed E-state index contributed by atoms with van der Waals surface area (Å²) < 4.78 is 1.06. The van der Waals surface area contributed by atoms with Crippen molar-refractivity contribution in [1.82, 2.24) is 15.3 Å². The molecule has 2 heterocycles. The van der Waals surface area contributed by atoms with Crippen LogP contribution in [0.15, 0.2) is 34.9 Å². The molecule has 19 heavy (non-hydrogen) atoms. The molecule has 0 saturated carbocycles. The van der Waals surface area contributed by atoms with Gasteiger partial charge in [0.1, 0.15) is 5.82 Å². The van der Waals surface area contributed by atoms with Crippen molar-refractivity contribution in [2.45, 2.75) is 12.5 Å². The van der Waals surface area contributed by atoms with Gasteiger partial charge in [-0.2, -0.15) is 5.26 Å². The van der Waals surface area contributed by atoms with Gasteiger partial charge in [0.05, 0.1) is 29.9 Å². The normalized spacial score (nSPS) is 22.3. The first kappa shape index (κ1) is 12.4. The molecule has 96 valence electrons. The fraction of sp³-hybridized carbons (Fsp3) is 0.286. The van der Waals surface area contributed by atoms with Gasteiger partial charge in [-0.15, -0.1) is 0 Å². The van der Waals surface area contributed by atoms with Crippen LogP contribution in [0.4, 0.5) is 0 Å². The average molecular weight is 317 g/mol. The largest absolute Gasteiger partial charge is 0.341 e. The van der Waals surface area contributed by atoms with Crippen LogP contribution in [0.1, 0.15) is 18.3 Å². The van der Waals surface area contributed by atoms with E-state index in [2.05, 4.69) is 37.3 Å². The Kier molecular flexibility index (Phi) is 3.36. The summed E-state index contributed by atoms with van der Waals surface area (Å²) in [4.78, 5) is 7.76. The van der Waals surface area contributed by atoms with Crippen molar-refractivity contribution in [2.24, 2.45) is 5.92 Å². The maximum absolute atomic E-state index is 8.91. The molecule has 3 rings (SSSR count). The fourth-order valence-corrected chi connectivity index (χ4v) is 2.60. The molecule has 1 saturated heterocycles. The molecule has 2 N–H and O–H groups in total. The minimum absolute atomic E-state index is 0.0891. The number of nitrogens with zero attached hydrogens (tertiary/aromatic N) is 2. The average Bonchev–Trinajstić information content (AvgIpc) is 3.08. The highest BCUT2D eigenvalue weighted by Crippen LogP contribution is 2.27. The predicted octanol–water partition coefficient (Wildman–Crippen LogP) is 3.01. The quantitative estimate of drug-likeness (QED) is 0.895. The molecule has 0 bridgehead atoms. The zero-order valence-electron chi connectivity index (χ0n) is 10.2. The first-order valence-corrected chi connectivity index (χ1v) is 6.99. The molecule has 0 aliphatic carbocycles. The third kappa shape index (κ3) is 2.55. The number of benzene rings is 1. The number of aromatic nitrogens is 2. The second kappa shape index (κ2) is 5.16. The molecular weight excluding hydrogens is 304 g/mol. The van der Waals surface area contributed by atoms with Gasteiger partial charge in [-0.05, 0) is 24.1 Å². The highest BCUT2D eigenvalue weighted by molar-refractivity contribution is 9.10. The fourth-order valence-electron chi connectivity index (χ4n) is 2.33. The van der Waals surface area contributed by atoms with E-state index >= 15 is 0 Å². The molecule has 1 fully saturated rings. The van der Waals surface area contributed by atoms with E-state index in [4.69, 9.17) is 5.26 Å².